The summed E-state index contributed by atoms with van der Waals surface area (Å²) in [5.74, 6) is 0.112. The Morgan fingerprint density at radius 2 is 1.88 bits per heavy atom. The maximum Gasteiger partial charge on any atom is 0.174 e. The van der Waals surface area contributed by atoms with Crippen LogP contribution >= 0.6 is 39.7 Å². The van der Waals surface area contributed by atoms with E-state index in [0.717, 1.165) is 32.8 Å². The average Bonchev–Trinajstić information content (AvgIpc) is 3.31. The molecule has 172 valence electrons. The van der Waals surface area contributed by atoms with Crippen molar-refractivity contribution in [1.29, 1.82) is 0 Å². The van der Waals surface area contributed by atoms with Gasteiger partial charge in [-0.05, 0) is 86.2 Å². The summed E-state index contributed by atoms with van der Waals surface area (Å²) in [5.41, 5.74) is 5.75. The number of hydrogen-bond donors (Lipinski definition) is 2. The van der Waals surface area contributed by atoms with Crippen LogP contribution in [0.3, 0.4) is 0 Å². The Kier molecular flexibility index (Phi) is 6.10. The lowest BCUT2D eigenvalue weighted by molar-refractivity contribution is 0.472. The van der Waals surface area contributed by atoms with Gasteiger partial charge in [0.15, 0.2) is 5.11 Å². The molecule has 1 fully saturated rings. The molecule has 3 heterocycles. The first kappa shape index (κ1) is 22.9. The lowest BCUT2D eigenvalue weighted by Gasteiger charge is -2.28. The average molecular weight is 554 g/mol. The number of pyridine rings is 1. The van der Waals surface area contributed by atoms with Gasteiger partial charge in [0.2, 0.25) is 0 Å². The molecule has 1 aliphatic heterocycles. The molecule has 0 radical (unpaired) electrons. The molecule has 1 saturated heterocycles. The zero-order chi connectivity index (χ0) is 24.0. The number of phenols is 1. The van der Waals surface area contributed by atoms with E-state index in [2.05, 4.69) is 62.8 Å². The first-order valence-electron chi connectivity index (χ1n) is 10.8. The highest BCUT2D eigenvalue weighted by Crippen LogP contribution is 2.46. The van der Waals surface area contributed by atoms with Gasteiger partial charge in [0, 0.05) is 32.8 Å². The molecule has 2 atom stereocenters. The minimum Gasteiger partial charge on any atom is -0.506 e. The number of anilines is 1. The number of aromatic nitrogens is 2. The van der Waals surface area contributed by atoms with Crippen LogP contribution in [0.5, 0.6) is 5.75 Å². The summed E-state index contributed by atoms with van der Waals surface area (Å²) in [6.45, 7) is 4.20. The molecule has 2 N–H and O–H groups in total. The molecule has 0 spiro atoms. The molecule has 1 aliphatic rings. The van der Waals surface area contributed by atoms with Crippen LogP contribution in [0, 0.1) is 13.8 Å². The third-order valence-corrected chi connectivity index (χ3v) is 7.19. The molecule has 0 bridgehead atoms. The molecule has 0 aliphatic carbocycles. The SMILES string of the molecule is Cc1cc([C@H]2[C@@H](c3ccccn3)NC(=S)N2c2cc(Cl)ccc2O)c(C)n1-c1cccc(Br)c1. The molecule has 5 rings (SSSR count). The minimum atomic E-state index is -0.251. The number of aromatic hydroxyl groups is 1. The number of halogens is 2. The molecule has 2 aromatic heterocycles. The second-order valence-electron chi connectivity index (χ2n) is 8.27. The van der Waals surface area contributed by atoms with Crippen molar-refractivity contribution in [3.8, 4) is 11.4 Å². The number of thiocarbonyl (C=S) groups is 1. The van der Waals surface area contributed by atoms with E-state index in [4.69, 9.17) is 23.8 Å². The fourth-order valence-corrected chi connectivity index (χ4v) is 5.61. The van der Waals surface area contributed by atoms with E-state index < -0.39 is 0 Å². The maximum absolute atomic E-state index is 10.8. The lowest BCUT2D eigenvalue weighted by atomic mass is 9.96. The van der Waals surface area contributed by atoms with Crippen LogP contribution in [0.15, 0.2) is 77.4 Å². The third-order valence-electron chi connectivity index (χ3n) is 6.15. The van der Waals surface area contributed by atoms with Crippen LogP contribution in [-0.2, 0) is 0 Å². The molecule has 2 aromatic carbocycles. The van der Waals surface area contributed by atoms with Crippen LogP contribution in [0.2, 0.25) is 5.02 Å². The Hall–Kier alpha value is -2.87. The highest BCUT2D eigenvalue weighted by atomic mass is 79.9. The van der Waals surface area contributed by atoms with E-state index >= 15 is 0 Å². The van der Waals surface area contributed by atoms with E-state index in [9.17, 15) is 5.11 Å². The Balaban J connectivity index is 1.71. The zero-order valence-electron chi connectivity index (χ0n) is 18.5. The molecule has 34 heavy (non-hydrogen) atoms. The van der Waals surface area contributed by atoms with E-state index in [1.807, 2.05) is 35.2 Å². The number of nitrogens with one attached hydrogen (secondary N) is 1. The number of phenolic OH excluding ortho intramolecular Hbond substituents is 1. The van der Waals surface area contributed by atoms with Crippen molar-refractivity contribution >= 4 is 50.5 Å². The highest BCUT2D eigenvalue weighted by Gasteiger charge is 2.43. The van der Waals surface area contributed by atoms with Crippen LogP contribution < -0.4 is 10.2 Å². The van der Waals surface area contributed by atoms with Gasteiger partial charge in [0.1, 0.15) is 5.75 Å². The van der Waals surface area contributed by atoms with Crippen molar-refractivity contribution in [2.24, 2.45) is 0 Å². The summed E-state index contributed by atoms with van der Waals surface area (Å²) >= 11 is 15.7. The maximum atomic E-state index is 10.8. The molecular formula is C26H22BrClN4OS. The Bertz CT molecular complexity index is 1390. The number of nitrogens with zero attached hydrogens (tertiary/aromatic N) is 3. The second-order valence-corrected chi connectivity index (χ2v) is 10.0. The van der Waals surface area contributed by atoms with Gasteiger partial charge in [0.05, 0.1) is 23.5 Å². The predicted molar refractivity (Wildman–Crippen MR) is 144 cm³/mol. The lowest BCUT2D eigenvalue weighted by Crippen LogP contribution is -2.29. The largest absolute Gasteiger partial charge is 0.506 e. The van der Waals surface area contributed by atoms with Gasteiger partial charge in [-0.1, -0.05) is 39.7 Å². The molecular weight excluding hydrogens is 532 g/mol. The molecule has 4 aromatic rings. The predicted octanol–water partition coefficient (Wildman–Crippen LogP) is 6.79. The number of hydrogen-bond acceptors (Lipinski definition) is 3. The van der Waals surface area contributed by atoms with Gasteiger partial charge in [-0.2, -0.15) is 0 Å². The van der Waals surface area contributed by atoms with Crippen molar-refractivity contribution in [1.82, 2.24) is 14.9 Å². The van der Waals surface area contributed by atoms with Crippen LogP contribution in [0.25, 0.3) is 5.69 Å². The van der Waals surface area contributed by atoms with Crippen LogP contribution in [0.1, 0.15) is 34.7 Å². The number of aryl methyl sites for hydroxylation is 1. The number of benzene rings is 2. The quantitative estimate of drug-likeness (QED) is 0.273. The Labute approximate surface area is 217 Å². The Morgan fingerprint density at radius 1 is 1.06 bits per heavy atom. The van der Waals surface area contributed by atoms with E-state index in [-0.39, 0.29) is 17.8 Å². The van der Waals surface area contributed by atoms with Gasteiger partial charge in [-0.3, -0.25) is 4.98 Å². The van der Waals surface area contributed by atoms with Crippen molar-refractivity contribution < 1.29 is 5.11 Å². The third kappa shape index (κ3) is 3.98. The fourth-order valence-electron chi connectivity index (χ4n) is 4.72. The zero-order valence-corrected chi connectivity index (χ0v) is 21.7. The normalized spacial score (nSPS) is 17.8. The second kappa shape index (κ2) is 9.06. The van der Waals surface area contributed by atoms with Gasteiger partial charge >= 0.3 is 0 Å². The molecule has 0 saturated carbocycles. The van der Waals surface area contributed by atoms with Crippen molar-refractivity contribution in [2.45, 2.75) is 25.9 Å². The first-order valence-corrected chi connectivity index (χ1v) is 12.4. The minimum absolute atomic E-state index is 0.112. The van der Waals surface area contributed by atoms with Crippen molar-refractivity contribution in [3.63, 3.8) is 0 Å². The summed E-state index contributed by atoms with van der Waals surface area (Å²) in [6.07, 6.45) is 1.78. The van der Waals surface area contributed by atoms with E-state index in [0.29, 0.717) is 15.8 Å². The van der Waals surface area contributed by atoms with Crippen molar-refractivity contribution in [3.05, 3.63) is 105 Å². The fraction of sp³-hybridized carbons (Fsp3) is 0.154. The van der Waals surface area contributed by atoms with E-state index in [1.54, 1.807) is 24.4 Å². The van der Waals surface area contributed by atoms with Crippen molar-refractivity contribution in [2.75, 3.05) is 4.90 Å². The van der Waals surface area contributed by atoms with Gasteiger partial charge in [-0.15, -0.1) is 0 Å². The van der Waals surface area contributed by atoms with Gasteiger partial charge in [0.25, 0.3) is 0 Å². The van der Waals surface area contributed by atoms with Gasteiger partial charge < -0.3 is 19.9 Å². The standard InChI is InChI=1S/C26H22BrClN4OS/c1-15-12-20(16(2)31(15)19-7-5-6-17(27)13-19)25-24(21-8-3-4-11-29-21)30-26(34)32(25)22-14-18(28)9-10-23(22)33/h3-14,24-25,33H,1-2H3,(H,30,34)/t24-,25+/m1/s1. The molecule has 0 amide bonds. The summed E-state index contributed by atoms with van der Waals surface area (Å²) in [5, 5.41) is 15.2. The monoisotopic (exact) mass is 552 g/mol. The first-order chi connectivity index (χ1) is 16.3. The summed E-state index contributed by atoms with van der Waals surface area (Å²) < 4.78 is 3.24. The molecule has 5 nitrogen and oxygen atoms in total. The van der Waals surface area contributed by atoms with E-state index in [1.165, 1.54) is 0 Å². The van der Waals surface area contributed by atoms with Gasteiger partial charge in [-0.25, -0.2) is 0 Å². The number of rotatable bonds is 4. The smallest absolute Gasteiger partial charge is 0.174 e. The Morgan fingerprint density at radius 3 is 2.62 bits per heavy atom. The molecule has 8 heteroatoms. The van der Waals surface area contributed by atoms with Crippen LogP contribution in [-0.4, -0.2) is 19.8 Å². The summed E-state index contributed by atoms with van der Waals surface area (Å²) in [4.78, 5) is 6.56. The molecule has 0 unspecified atom stereocenters. The topological polar surface area (TPSA) is 53.3 Å². The van der Waals surface area contributed by atoms with Crippen LogP contribution in [0.4, 0.5) is 5.69 Å². The highest BCUT2D eigenvalue weighted by molar-refractivity contribution is 9.10. The summed E-state index contributed by atoms with van der Waals surface area (Å²) in [6, 6.07) is 20.8. The summed E-state index contributed by atoms with van der Waals surface area (Å²) in [7, 11) is 0.